The number of hydrogen-bond donors (Lipinski definition) is 0. The summed E-state index contributed by atoms with van der Waals surface area (Å²) < 4.78 is 24.4. The summed E-state index contributed by atoms with van der Waals surface area (Å²) in [5, 5.41) is 0. The number of rotatable bonds is 5. The number of carbonyl (C=O) groups is 2. The van der Waals surface area contributed by atoms with Crippen LogP contribution in [0.15, 0.2) is 60.7 Å². The van der Waals surface area contributed by atoms with E-state index in [0.717, 1.165) is 6.08 Å². The third-order valence-corrected chi connectivity index (χ3v) is 4.19. The predicted octanol–water partition coefficient (Wildman–Crippen LogP) is 2.98. The van der Waals surface area contributed by atoms with Gasteiger partial charge in [-0.1, -0.05) is 48.5 Å². The molecule has 0 saturated carbocycles. The highest BCUT2D eigenvalue weighted by Crippen LogP contribution is 2.21. The van der Waals surface area contributed by atoms with Crippen molar-refractivity contribution in [1.82, 2.24) is 4.90 Å². The maximum absolute atomic E-state index is 13.7. The van der Waals surface area contributed by atoms with Gasteiger partial charge >= 0.3 is 5.97 Å². The zero-order valence-corrected chi connectivity index (χ0v) is 14.7. The molecule has 1 heterocycles. The second-order valence-corrected chi connectivity index (χ2v) is 6.02. The van der Waals surface area contributed by atoms with Crippen molar-refractivity contribution >= 4 is 18.0 Å². The molecule has 1 amide bonds. The van der Waals surface area contributed by atoms with Gasteiger partial charge in [0.1, 0.15) is 5.82 Å². The third-order valence-electron chi connectivity index (χ3n) is 4.19. The lowest BCUT2D eigenvalue weighted by Gasteiger charge is -2.30. The van der Waals surface area contributed by atoms with Gasteiger partial charge in [-0.2, -0.15) is 0 Å². The lowest BCUT2D eigenvalue weighted by atomic mass is 10.1. The molecule has 1 saturated heterocycles. The number of amides is 1. The fourth-order valence-electron chi connectivity index (χ4n) is 2.76. The van der Waals surface area contributed by atoms with Crippen LogP contribution in [0.3, 0.4) is 0 Å². The van der Waals surface area contributed by atoms with E-state index < -0.39 is 17.9 Å². The van der Waals surface area contributed by atoms with E-state index in [-0.39, 0.29) is 11.5 Å². The molecule has 0 unspecified atom stereocenters. The van der Waals surface area contributed by atoms with Gasteiger partial charge in [0.05, 0.1) is 13.2 Å². The van der Waals surface area contributed by atoms with Crippen molar-refractivity contribution in [1.29, 1.82) is 0 Å². The first-order chi connectivity index (χ1) is 13.1. The lowest BCUT2D eigenvalue weighted by molar-refractivity contribution is -0.159. The highest BCUT2D eigenvalue weighted by Gasteiger charge is 2.29. The number of carbonyl (C=O) groups excluding carboxylic acids is 2. The predicted molar refractivity (Wildman–Crippen MR) is 98.1 cm³/mol. The van der Waals surface area contributed by atoms with Crippen LogP contribution in [0, 0.1) is 5.82 Å². The minimum absolute atomic E-state index is 0.269. The molecule has 0 spiro atoms. The van der Waals surface area contributed by atoms with E-state index in [1.165, 1.54) is 12.1 Å². The summed E-state index contributed by atoms with van der Waals surface area (Å²) in [6.07, 6.45) is 1.40. The quantitative estimate of drug-likeness (QED) is 0.601. The van der Waals surface area contributed by atoms with Crippen molar-refractivity contribution < 1.29 is 23.5 Å². The molecule has 6 heteroatoms. The summed E-state index contributed by atoms with van der Waals surface area (Å²) in [6.45, 7) is 1.80. The minimum Gasteiger partial charge on any atom is -0.444 e. The van der Waals surface area contributed by atoms with Crippen molar-refractivity contribution in [3.8, 4) is 0 Å². The summed E-state index contributed by atoms with van der Waals surface area (Å²) in [7, 11) is 0. The van der Waals surface area contributed by atoms with Crippen LogP contribution in [0.1, 0.15) is 17.2 Å². The Kier molecular flexibility index (Phi) is 6.33. The molecule has 140 valence electrons. The van der Waals surface area contributed by atoms with Gasteiger partial charge in [-0.3, -0.25) is 4.79 Å². The molecule has 0 aliphatic carbocycles. The molecule has 1 aliphatic rings. The smallest absolute Gasteiger partial charge is 0.331 e. The molecular weight excluding hydrogens is 349 g/mol. The zero-order valence-electron chi connectivity index (χ0n) is 14.7. The molecule has 27 heavy (non-hydrogen) atoms. The molecule has 1 fully saturated rings. The molecule has 1 aliphatic heterocycles. The van der Waals surface area contributed by atoms with Crippen LogP contribution in [-0.4, -0.2) is 43.1 Å². The van der Waals surface area contributed by atoms with Gasteiger partial charge < -0.3 is 14.4 Å². The Morgan fingerprint density at radius 1 is 1.04 bits per heavy atom. The fraction of sp³-hybridized carbons (Fsp3) is 0.238. The highest BCUT2D eigenvalue weighted by atomic mass is 19.1. The molecule has 2 aromatic carbocycles. The topological polar surface area (TPSA) is 55.8 Å². The third kappa shape index (κ3) is 5.01. The molecule has 2 aromatic rings. The molecule has 5 nitrogen and oxygen atoms in total. The average Bonchev–Trinajstić information content (AvgIpc) is 2.72. The number of benzene rings is 2. The van der Waals surface area contributed by atoms with E-state index in [1.54, 1.807) is 47.4 Å². The molecule has 1 atom stereocenters. The van der Waals surface area contributed by atoms with E-state index in [2.05, 4.69) is 0 Å². The number of morpholine rings is 1. The first-order valence-electron chi connectivity index (χ1n) is 8.70. The maximum atomic E-state index is 13.7. The first kappa shape index (κ1) is 18.8. The second-order valence-electron chi connectivity index (χ2n) is 6.02. The monoisotopic (exact) mass is 369 g/mol. The van der Waals surface area contributed by atoms with Crippen LogP contribution in [0.2, 0.25) is 0 Å². The van der Waals surface area contributed by atoms with Crippen LogP contribution >= 0.6 is 0 Å². The summed E-state index contributed by atoms with van der Waals surface area (Å²) in [4.78, 5) is 26.8. The maximum Gasteiger partial charge on any atom is 0.331 e. The van der Waals surface area contributed by atoms with Crippen LogP contribution in [0.4, 0.5) is 4.39 Å². The number of nitrogens with zero attached hydrogens (tertiary/aromatic N) is 1. The molecular formula is C21H20FNO4. The lowest BCUT2D eigenvalue weighted by Crippen LogP contribution is -2.44. The first-order valence-corrected chi connectivity index (χ1v) is 8.70. The number of esters is 1. The normalized spacial score (nSPS) is 15.5. The van der Waals surface area contributed by atoms with Gasteiger partial charge in [-0.05, 0) is 12.1 Å². The van der Waals surface area contributed by atoms with Gasteiger partial charge in [0.15, 0.2) is 0 Å². The zero-order chi connectivity index (χ0) is 19.1. The second kappa shape index (κ2) is 9.09. The number of hydrogen-bond acceptors (Lipinski definition) is 4. The van der Waals surface area contributed by atoms with Crippen molar-refractivity contribution in [2.75, 3.05) is 26.3 Å². The van der Waals surface area contributed by atoms with E-state index in [9.17, 15) is 14.0 Å². The fourth-order valence-corrected chi connectivity index (χ4v) is 2.76. The summed E-state index contributed by atoms with van der Waals surface area (Å²) in [5.41, 5.74) is 0.854. The van der Waals surface area contributed by atoms with Crippen molar-refractivity contribution in [3.05, 3.63) is 77.6 Å². The largest absolute Gasteiger partial charge is 0.444 e. The summed E-state index contributed by atoms with van der Waals surface area (Å²) in [5.74, 6) is -1.45. The molecule has 3 rings (SSSR count). The molecule has 0 bridgehead atoms. The molecule has 0 aromatic heterocycles. The van der Waals surface area contributed by atoms with Gasteiger partial charge in [-0.25, -0.2) is 9.18 Å². The number of halogens is 1. The Balaban J connectivity index is 1.75. The Labute approximate surface area is 157 Å². The van der Waals surface area contributed by atoms with E-state index in [1.807, 2.05) is 6.07 Å². The SMILES string of the molecule is O=C(/C=C/c1ccccc1F)O[C@@H](C(=O)N1CCOCC1)c1ccccc1. The number of ether oxygens (including phenoxy) is 2. The summed E-state index contributed by atoms with van der Waals surface area (Å²) >= 11 is 0. The van der Waals surface area contributed by atoms with Gasteiger partial charge in [0.2, 0.25) is 6.10 Å². The van der Waals surface area contributed by atoms with Crippen molar-refractivity contribution in [3.63, 3.8) is 0 Å². The van der Waals surface area contributed by atoms with Gasteiger partial charge in [0.25, 0.3) is 5.91 Å². The molecule has 0 radical (unpaired) electrons. The Morgan fingerprint density at radius 3 is 2.41 bits per heavy atom. The van der Waals surface area contributed by atoms with Crippen LogP contribution < -0.4 is 0 Å². The van der Waals surface area contributed by atoms with Gasteiger partial charge in [-0.15, -0.1) is 0 Å². The Hall–Kier alpha value is -2.99. The van der Waals surface area contributed by atoms with E-state index in [4.69, 9.17) is 9.47 Å². The van der Waals surface area contributed by atoms with E-state index in [0.29, 0.717) is 31.9 Å². The average molecular weight is 369 g/mol. The molecule has 0 N–H and O–H groups in total. The highest BCUT2D eigenvalue weighted by molar-refractivity contribution is 5.91. The van der Waals surface area contributed by atoms with Crippen LogP contribution in [0.25, 0.3) is 6.08 Å². The Morgan fingerprint density at radius 2 is 1.70 bits per heavy atom. The Bertz CT molecular complexity index is 816. The van der Waals surface area contributed by atoms with Gasteiger partial charge in [0, 0.05) is 30.3 Å². The summed E-state index contributed by atoms with van der Waals surface area (Å²) in [6, 6.07) is 14.9. The minimum atomic E-state index is -1.05. The van der Waals surface area contributed by atoms with Crippen LogP contribution in [-0.2, 0) is 19.1 Å². The van der Waals surface area contributed by atoms with Crippen molar-refractivity contribution in [2.24, 2.45) is 0 Å². The van der Waals surface area contributed by atoms with Crippen LogP contribution in [0.5, 0.6) is 0 Å². The van der Waals surface area contributed by atoms with E-state index >= 15 is 0 Å². The standard InChI is InChI=1S/C21H20FNO4/c22-18-9-5-4-6-16(18)10-11-19(24)27-20(17-7-2-1-3-8-17)21(25)23-12-14-26-15-13-23/h1-11,20H,12-15H2/b11-10+/t20-/m1/s1. The van der Waals surface area contributed by atoms with Crippen molar-refractivity contribution in [2.45, 2.75) is 6.10 Å².